The van der Waals surface area contributed by atoms with Gasteiger partial charge in [0.1, 0.15) is 5.75 Å². The van der Waals surface area contributed by atoms with Crippen molar-refractivity contribution in [2.45, 2.75) is 44.2 Å². The quantitative estimate of drug-likeness (QED) is 0.695. The van der Waals surface area contributed by atoms with Crippen LogP contribution in [-0.2, 0) is 21.4 Å². The molecule has 0 bridgehead atoms. The van der Waals surface area contributed by atoms with Crippen molar-refractivity contribution in [3.63, 3.8) is 0 Å². The van der Waals surface area contributed by atoms with E-state index in [1.165, 1.54) is 16.4 Å². The van der Waals surface area contributed by atoms with Crippen LogP contribution in [0, 0.1) is 5.92 Å². The SMILES string of the molecule is CC(C)Oc1ccc(CNC(=O)[C@H]2CCCN(S(=O)(=O)c3ccc(Cl)cc3)C2)cc1. The smallest absolute Gasteiger partial charge is 0.243 e. The normalized spacial score (nSPS) is 17.7. The van der Waals surface area contributed by atoms with Crippen molar-refractivity contribution in [2.24, 2.45) is 5.92 Å². The van der Waals surface area contributed by atoms with Crippen LogP contribution in [0.25, 0.3) is 0 Å². The maximum absolute atomic E-state index is 12.9. The van der Waals surface area contributed by atoms with Crippen molar-refractivity contribution in [2.75, 3.05) is 13.1 Å². The molecule has 1 saturated heterocycles. The maximum Gasteiger partial charge on any atom is 0.243 e. The number of benzene rings is 2. The van der Waals surface area contributed by atoms with E-state index in [1.54, 1.807) is 12.1 Å². The van der Waals surface area contributed by atoms with Crippen LogP contribution in [0.1, 0.15) is 32.3 Å². The number of nitrogens with zero attached hydrogens (tertiary/aromatic N) is 1. The number of hydrogen-bond acceptors (Lipinski definition) is 4. The van der Waals surface area contributed by atoms with Gasteiger partial charge in [0.25, 0.3) is 0 Å². The fourth-order valence-electron chi connectivity index (χ4n) is 3.42. The molecule has 162 valence electrons. The molecule has 0 spiro atoms. The summed E-state index contributed by atoms with van der Waals surface area (Å²) in [7, 11) is -3.65. The summed E-state index contributed by atoms with van der Waals surface area (Å²) in [5.74, 6) is 0.285. The fraction of sp³-hybridized carbons (Fsp3) is 0.409. The van der Waals surface area contributed by atoms with Gasteiger partial charge in [-0.2, -0.15) is 4.31 Å². The number of carbonyl (C=O) groups is 1. The first-order valence-corrected chi connectivity index (χ1v) is 11.9. The van der Waals surface area contributed by atoms with E-state index < -0.39 is 10.0 Å². The van der Waals surface area contributed by atoms with Gasteiger partial charge in [0.05, 0.1) is 16.9 Å². The number of ether oxygens (including phenoxy) is 1. The Kier molecular flexibility index (Phi) is 7.39. The Bertz CT molecular complexity index is 960. The van der Waals surface area contributed by atoms with Gasteiger partial charge in [0, 0.05) is 24.7 Å². The van der Waals surface area contributed by atoms with Crippen LogP contribution in [0.2, 0.25) is 5.02 Å². The van der Waals surface area contributed by atoms with Gasteiger partial charge >= 0.3 is 0 Å². The highest BCUT2D eigenvalue weighted by Crippen LogP contribution is 2.25. The van der Waals surface area contributed by atoms with Gasteiger partial charge in [-0.3, -0.25) is 4.79 Å². The van der Waals surface area contributed by atoms with Gasteiger partial charge < -0.3 is 10.1 Å². The van der Waals surface area contributed by atoms with Gasteiger partial charge in [0.2, 0.25) is 15.9 Å². The molecule has 1 amide bonds. The molecule has 2 aromatic carbocycles. The Labute approximate surface area is 183 Å². The van der Waals surface area contributed by atoms with Gasteiger partial charge in [0.15, 0.2) is 0 Å². The van der Waals surface area contributed by atoms with E-state index in [-0.39, 0.29) is 29.4 Å². The van der Waals surface area contributed by atoms with Crippen LogP contribution in [0.4, 0.5) is 0 Å². The van der Waals surface area contributed by atoms with E-state index in [9.17, 15) is 13.2 Å². The van der Waals surface area contributed by atoms with Crippen LogP contribution in [0.3, 0.4) is 0 Å². The highest BCUT2D eigenvalue weighted by atomic mass is 35.5. The molecule has 1 fully saturated rings. The largest absolute Gasteiger partial charge is 0.491 e. The van der Waals surface area contributed by atoms with Crippen LogP contribution in [-0.4, -0.2) is 37.8 Å². The molecule has 3 rings (SSSR count). The summed E-state index contributed by atoms with van der Waals surface area (Å²) in [6, 6.07) is 13.7. The predicted molar refractivity (Wildman–Crippen MR) is 117 cm³/mol. The average Bonchev–Trinajstić information content (AvgIpc) is 2.73. The maximum atomic E-state index is 12.9. The molecule has 2 aromatic rings. The van der Waals surface area contributed by atoms with Gasteiger partial charge in [-0.1, -0.05) is 23.7 Å². The van der Waals surface area contributed by atoms with Crippen molar-refractivity contribution >= 4 is 27.5 Å². The lowest BCUT2D eigenvalue weighted by molar-refractivity contribution is -0.126. The molecule has 1 aliphatic rings. The lowest BCUT2D eigenvalue weighted by Crippen LogP contribution is -2.45. The molecule has 1 N–H and O–H groups in total. The molecule has 0 unspecified atom stereocenters. The molecule has 0 aliphatic carbocycles. The monoisotopic (exact) mass is 450 g/mol. The van der Waals surface area contributed by atoms with Crippen LogP contribution < -0.4 is 10.1 Å². The van der Waals surface area contributed by atoms with Gasteiger partial charge in [-0.25, -0.2) is 8.42 Å². The van der Waals surface area contributed by atoms with Crippen molar-refractivity contribution in [3.8, 4) is 5.75 Å². The lowest BCUT2D eigenvalue weighted by atomic mass is 9.99. The number of hydrogen-bond donors (Lipinski definition) is 1. The van der Waals surface area contributed by atoms with E-state index >= 15 is 0 Å². The molecular weight excluding hydrogens is 424 g/mol. The molecule has 6 nitrogen and oxygen atoms in total. The summed E-state index contributed by atoms with van der Waals surface area (Å²) in [4.78, 5) is 12.9. The highest BCUT2D eigenvalue weighted by Gasteiger charge is 2.33. The Hall–Kier alpha value is -2.09. The zero-order chi connectivity index (χ0) is 21.7. The van der Waals surface area contributed by atoms with Crippen molar-refractivity contribution < 1.29 is 17.9 Å². The molecule has 0 radical (unpaired) electrons. The number of nitrogens with one attached hydrogen (secondary N) is 1. The van der Waals surface area contributed by atoms with Gasteiger partial charge in [-0.15, -0.1) is 0 Å². The van der Waals surface area contributed by atoms with Crippen molar-refractivity contribution in [3.05, 3.63) is 59.1 Å². The number of piperidine rings is 1. The van der Waals surface area contributed by atoms with E-state index in [2.05, 4.69) is 5.32 Å². The third kappa shape index (κ3) is 5.74. The zero-order valence-corrected chi connectivity index (χ0v) is 18.7. The molecule has 30 heavy (non-hydrogen) atoms. The van der Waals surface area contributed by atoms with Crippen molar-refractivity contribution in [1.29, 1.82) is 0 Å². The minimum atomic E-state index is -3.65. The number of rotatable bonds is 7. The van der Waals surface area contributed by atoms with Crippen LogP contribution in [0.15, 0.2) is 53.4 Å². The third-order valence-electron chi connectivity index (χ3n) is 4.97. The summed E-state index contributed by atoms with van der Waals surface area (Å²) in [5, 5.41) is 3.41. The Balaban J connectivity index is 1.58. The average molecular weight is 451 g/mol. The van der Waals surface area contributed by atoms with Crippen LogP contribution in [0.5, 0.6) is 5.75 Å². The van der Waals surface area contributed by atoms with E-state index in [0.717, 1.165) is 11.3 Å². The molecular formula is C22H27ClN2O4S. The number of amides is 1. The molecule has 1 atom stereocenters. The van der Waals surface area contributed by atoms with E-state index in [4.69, 9.17) is 16.3 Å². The minimum absolute atomic E-state index is 0.106. The molecule has 1 aliphatic heterocycles. The molecule has 1 heterocycles. The standard InChI is InChI=1S/C22H27ClN2O4S/c1-16(2)29-20-9-5-17(6-10-20)14-24-22(26)18-4-3-13-25(15-18)30(27,28)21-11-7-19(23)8-12-21/h5-12,16,18H,3-4,13-15H2,1-2H3,(H,24,26)/t18-/m0/s1. The first kappa shape index (κ1) is 22.6. The number of sulfonamides is 1. The van der Waals surface area contributed by atoms with Crippen molar-refractivity contribution in [1.82, 2.24) is 9.62 Å². The first-order valence-electron chi connectivity index (χ1n) is 10.0. The second-order valence-electron chi connectivity index (χ2n) is 7.68. The summed E-state index contributed by atoms with van der Waals surface area (Å²) >= 11 is 5.86. The number of carbonyl (C=O) groups excluding carboxylic acids is 1. The highest BCUT2D eigenvalue weighted by molar-refractivity contribution is 7.89. The predicted octanol–water partition coefficient (Wildman–Crippen LogP) is 3.84. The molecule has 0 saturated carbocycles. The van der Waals surface area contributed by atoms with E-state index in [1.807, 2.05) is 38.1 Å². The molecule has 8 heteroatoms. The second-order valence-corrected chi connectivity index (χ2v) is 10.1. The topological polar surface area (TPSA) is 75.7 Å². The Morgan fingerprint density at radius 1 is 1.17 bits per heavy atom. The zero-order valence-electron chi connectivity index (χ0n) is 17.2. The van der Waals surface area contributed by atoms with Crippen LogP contribution >= 0.6 is 11.6 Å². The Morgan fingerprint density at radius 2 is 1.83 bits per heavy atom. The minimum Gasteiger partial charge on any atom is -0.491 e. The second kappa shape index (κ2) is 9.81. The summed E-state index contributed by atoms with van der Waals surface area (Å²) < 4.78 is 32.8. The molecule has 0 aromatic heterocycles. The summed E-state index contributed by atoms with van der Waals surface area (Å²) in [6.45, 7) is 4.91. The van der Waals surface area contributed by atoms with E-state index in [0.29, 0.717) is 31.0 Å². The summed E-state index contributed by atoms with van der Waals surface area (Å²) in [6.07, 6.45) is 1.42. The van der Waals surface area contributed by atoms with Gasteiger partial charge in [-0.05, 0) is 68.7 Å². The fourth-order valence-corrected chi connectivity index (χ4v) is 5.07. The summed E-state index contributed by atoms with van der Waals surface area (Å²) in [5.41, 5.74) is 0.959. The lowest BCUT2D eigenvalue weighted by Gasteiger charge is -2.31. The third-order valence-corrected chi connectivity index (χ3v) is 7.10. The number of halogens is 1. The Morgan fingerprint density at radius 3 is 2.47 bits per heavy atom. The first-order chi connectivity index (χ1) is 14.3.